The minimum Gasteiger partial charge on any atom is -0.495 e. The second-order valence-electron chi connectivity index (χ2n) is 6.00. The Bertz CT molecular complexity index is 838. The number of halogens is 1. The van der Waals surface area contributed by atoms with E-state index in [0.717, 1.165) is 41.6 Å². The third-order valence-electron chi connectivity index (χ3n) is 4.08. The zero-order chi connectivity index (χ0) is 18.4. The average Bonchev–Trinajstić information content (AvgIpc) is 3.16. The Hall–Kier alpha value is -2.11. The molecule has 0 saturated carbocycles. The molecule has 4 nitrogen and oxygen atoms in total. The summed E-state index contributed by atoms with van der Waals surface area (Å²) in [5.41, 5.74) is 2.22. The molecule has 0 spiro atoms. The second kappa shape index (κ2) is 9.01. The molecule has 0 saturated heterocycles. The van der Waals surface area contributed by atoms with Crippen LogP contribution in [0.1, 0.15) is 25.3 Å². The lowest BCUT2D eigenvalue weighted by atomic mass is 10.2. The minimum absolute atomic E-state index is 0.578. The first-order valence-electron chi connectivity index (χ1n) is 8.67. The Morgan fingerprint density at radius 2 is 1.92 bits per heavy atom. The number of rotatable bonds is 8. The lowest BCUT2D eigenvalue weighted by Crippen LogP contribution is -2.23. The zero-order valence-electron chi connectivity index (χ0n) is 15.0. The fourth-order valence-electron chi connectivity index (χ4n) is 2.65. The number of methoxy groups -OCH3 is 1. The smallest absolute Gasteiger partial charge is 0.208 e. The number of hydrogen-bond donors (Lipinski definition) is 0. The third-order valence-corrected chi connectivity index (χ3v) is 5.41. The van der Waals surface area contributed by atoms with Crippen LogP contribution in [0.2, 0.25) is 5.02 Å². The van der Waals surface area contributed by atoms with Gasteiger partial charge in [-0.25, -0.2) is 0 Å². The van der Waals surface area contributed by atoms with E-state index < -0.39 is 0 Å². The maximum Gasteiger partial charge on any atom is 0.208 e. The summed E-state index contributed by atoms with van der Waals surface area (Å²) in [4.78, 5) is 2.30. The molecule has 0 atom stereocenters. The van der Waals surface area contributed by atoms with E-state index in [0.29, 0.717) is 10.8 Å². The van der Waals surface area contributed by atoms with Crippen molar-refractivity contribution >= 4 is 28.1 Å². The average molecular weight is 388 g/mol. The molecule has 136 valence electrons. The van der Waals surface area contributed by atoms with Gasteiger partial charge in [-0.2, -0.15) is 0 Å². The molecule has 0 aliphatic heterocycles. The van der Waals surface area contributed by atoms with Crippen LogP contribution in [0.4, 0.5) is 5.13 Å². The van der Waals surface area contributed by atoms with Crippen molar-refractivity contribution in [2.24, 2.45) is 0 Å². The topological polar surface area (TPSA) is 38.2 Å². The third kappa shape index (κ3) is 4.54. The van der Waals surface area contributed by atoms with E-state index >= 15 is 0 Å². The Morgan fingerprint density at radius 3 is 2.62 bits per heavy atom. The molecule has 3 aromatic rings. The maximum atomic E-state index is 6.25. The maximum absolute atomic E-state index is 6.25. The molecule has 0 unspecified atom stereocenters. The molecular weight excluding hydrogens is 366 g/mol. The zero-order valence-corrected chi connectivity index (χ0v) is 16.6. The fraction of sp³-hybridized carbons (Fsp3) is 0.300. The van der Waals surface area contributed by atoms with Crippen molar-refractivity contribution in [1.29, 1.82) is 0 Å². The summed E-state index contributed by atoms with van der Waals surface area (Å²) in [5.74, 6) is 0.661. The molecule has 0 aliphatic rings. The molecule has 0 bridgehead atoms. The fourth-order valence-corrected chi connectivity index (χ4v) is 3.78. The van der Waals surface area contributed by atoms with E-state index in [2.05, 4.69) is 46.3 Å². The van der Waals surface area contributed by atoms with Crippen LogP contribution in [0.3, 0.4) is 0 Å². The molecule has 0 N–H and O–H groups in total. The lowest BCUT2D eigenvalue weighted by molar-refractivity contribution is 0.415. The summed E-state index contributed by atoms with van der Waals surface area (Å²) in [6.45, 7) is 3.99. The first-order chi connectivity index (χ1) is 12.7. The van der Waals surface area contributed by atoms with E-state index in [9.17, 15) is 0 Å². The van der Waals surface area contributed by atoms with Crippen LogP contribution in [0, 0.1) is 0 Å². The molecule has 0 radical (unpaired) electrons. The van der Waals surface area contributed by atoms with E-state index in [-0.39, 0.29) is 0 Å². The van der Waals surface area contributed by atoms with Gasteiger partial charge in [-0.15, -0.1) is 10.2 Å². The number of ether oxygens (including phenoxy) is 1. The van der Waals surface area contributed by atoms with Gasteiger partial charge in [0.15, 0.2) is 0 Å². The van der Waals surface area contributed by atoms with E-state index in [1.165, 1.54) is 5.56 Å². The highest BCUT2D eigenvalue weighted by molar-refractivity contribution is 7.18. The SMILES string of the molecule is CCCCN(Cc1ccccc1)c1nnc(-c2ccc(OC)c(Cl)c2)s1. The minimum atomic E-state index is 0.578. The summed E-state index contributed by atoms with van der Waals surface area (Å²) >= 11 is 7.84. The molecule has 2 aromatic carbocycles. The first kappa shape index (κ1) is 18.7. The molecule has 0 amide bonds. The standard InChI is InChI=1S/C20H22ClN3OS/c1-3-4-12-24(14-15-8-6-5-7-9-15)20-23-22-19(26-20)16-10-11-18(25-2)17(21)13-16/h5-11,13H,3-4,12,14H2,1-2H3. The largest absolute Gasteiger partial charge is 0.495 e. The Labute approximate surface area is 163 Å². The molecule has 3 rings (SSSR count). The van der Waals surface area contributed by atoms with Gasteiger partial charge in [-0.05, 0) is 30.2 Å². The van der Waals surface area contributed by atoms with Crippen LogP contribution in [-0.4, -0.2) is 23.9 Å². The van der Waals surface area contributed by atoms with E-state index in [4.69, 9.17) is 16.3 Å². The highest BCUT2D eigenvalue weighted by Gasteiger charge is 2.15. The molecule has 1 heterocycles. The summed E-state index contributed by atoms with van der Waals surface area (Å²) < 4.78 is 5.22. The van der Waals surface area contributed by atoms with Gasteiger partial charge in [0.2, 0.25) is 5.13 Å². The van der Waals surface area contributed by atoms with Gasteiger partial charge >= 0.3 is 0 Å². The number of aromatic nitrogens is 2. The summed E-state index contributed by atoms with van der Waals surface area (Å²) in [6, 6.07) is 16.2. The Kier molecular flexibility index (Phi) is 6.47. The van der Waals surface area contributed by atoms with Gasteiger partial charge in [0.05, 0.1) is 12.1 Å². The van der Waals surface area contributed by atoms with Crippen molar-refractivity contribution in [3.8, 4) is 16.3 Å². The van der Waals surface area contributed by atoms with Crippen molar-refractivity contribution < 1.29 is 4.74 Å². The van der Waals surface area contributed by atoms with Gasteiger partial charge in [0.1, 0.15) is 10.8 Å². The molecular formula is C20H22ClN3OS. The first-order valence-corrected chi connectivity index (χ1v) is 9.87. The van der Waals surface area contributed by atoms with Gasteiger partial charge in [0.25, 0.3) is 0 Å². The van der Waals surface area contributed by atoms with Crippen LogP contribution >= 0.6 is 22.9 Å². The second-order valence-corrected chi connectivity index (χ2v) is 7.36. The quantitative estimate of drug-likeness (QED) is 0.498. The molecule has 0 fully saturated rings. The van der Waals surface area contributed by atoms with Crippen molar-refractivity contribution in [2.75, 3.05) is 18.6 Å². The lowest BCUT2D eigenvalue weighted by Gasteiger charge is -2.21. The molecule has 1 aromatic heterocycles. The van der Waals surface area contributed by atoms with Crippen molar-refractivity contribution in [3.63, 3.8) is 0 Å². The van der Waals surface area contributed by atoms with Crippen LogP contribution < -0.4 is 9.64 Å². The van der Waals surface area contributed by atoms with Crippen molar-refractivity contribution in [2.45, 2.75) is 26.3 Å². The van der Waals surface area contributed by atoms with Crippen LogP contribution in [-0.2, 0) is 6.54 Å². The van der Waals surface area contributed by atoms with Crippen molar-refractivity contribution in [1.82, 2.24) is 10.2 Å². The number of anilines is 1. The van der Waals surface area contributed by atoms with Gasteiger partial charge < -0.3 is 9.64 Å². The summed E-state index contributed by atoms with van der Waals surface area (Å²) in [6.07, 6.45) is 2.27. The molecule has 6 heteroatoms. The van der Waals surface area contributed by atoms with Crippen LogP contribution in [0.15, 0.2) is 48.5 Å². The summed E-state index contributed by atoms with van der Waals surface area (Å²) in [7, 11) is 1.61. The molecule has 26 heavy (non-hydrogen) atoms. The molecule has 0 aliphatic carbocycles. The predicted octanol–water partition coefficient (Wildman–Crippen LogP) is 5.67. The van der Waals surface area contributed by atoms with Gasteiger partial charge in [0, 0.05) is 18.7 Å². The highest BCUT2D eigenvalue weighted by atomic mass is 35.5. The van der Waals surface area contributed by atoms with Gasteiger partial charge in [-0.1, -0.05) is 66.6 Å². The van der Waals surface area contributed by atoms with Crippen LogP contribution in [0.5, 0.6) is 5.75 Å². The number of nitrogens with zero attached hydrogens (tertiary/aromatic N) is 3. The van der Waals surface area contributed by atoms with Gasteiger partial charge in [-0.3, -0.25) is 0 Å². The number of benzene rings is 2. The van der Waals surface area contributed by atoms with E-state index in [1.807, 2.05) is 24.3 Å². The van der Waals surface area contributed by atoms with Crippen molar-refractivity contribution in [3.05, 3.63) is 59.1 Å². The predicted molar refractivity (Wildman–Crippen MR) is 109 cm³/mol. The Morgan fingerprint density at radius 1 is 1.12 bits per heavy atom. The monoisotopic (exact) mass is 387 g/mol. The van der Waals surface area contributed by atoms with E-state index in [1.54, 1.807) is 18.4 Å². The number of unbranched alkanes of at least 4 members (excludes halogenated alkanes) is 1. The Balaban J connectivity index is 1.83. The van der Waals surface area contributed by atoms with Crippen LogP contribution in [0.25, 0.3) is 10.6 Å². The summed E-state index contributed by atoms with van der Waals surface area (Å²) in [5, 5.41) is 11.2. The highest BCUT2D eigenvalue weighted by Crippen LogP contribution is 2.34. The normalized spacial score (nSPS) is 10.7. The number of hydrogen-bond acceptors (Lipinski definition) is 5.